The first kappa shape index (κ1) is 37.2. The molecule has 0 saturated carbocycles. The van der Waals surface area contributed by atoms with Crippen LogP contribution in [0, 0.1) is 23.7 Å². The summed E-state index contributed by atoms with van der Waals surface area (Å²) in [4.78, 5) is 14.8. The van der Waals surface area contributed by atoms with E-state index in [-0.39, 0.29) is 24.3 Å². The zero-order valence-electron chi connectivity index (χ0n) is 34.1. The number of hydrogen-bond acceptors (Lipinski definition) is 10. The summed E-state index contributed by atoms with van der Waals surface area (Å²) >= 11 is 0. The number of hydrogen-bond donors (Lipinski definition) is 0. The maximum atomic E-state index is 7.30. The van der Waals surface area contributed by atoms with Crippen molar-refractivity contribution in [1.82, 2.24) is 30.0 Å². The zero-order chi connectivity index (χ0) is 39.3. The van der Waals surface area contributed by atoms with E-state index in [0.29, 0.717) is 35.4 Å². The fourth-order valence-electron chi connectivity index (χ4n) is 11.1. The van der Waals surface area contributed by atoms with Crippen molar-refractivity contribution in [1.29, 1.82) is 0 Å². The van der Waals surface area contributed by atoms with E-state index in [0.717, 1.165) is 94.2 Å². The van der Waals surface area contributed by atoms with Gasteiger partial charge in [-0.1, -0.05) is 38.8 Å². The summed E-state index contributed by atoms with van der Waals surface area (Å²) in [6.45, 7) is 9.00. The van der Waals surface area contributed by atoms with Crippen LogP contribution in [-0.4, -0.2) is 82.4 Å². The van der Waals surface area contributed by atoms with Crippen molar-refractivity contribution >= 4 is 32.6 Å². The highest BCUT2D eigenvalue weighted by atomic mass is 16.5. The highest BCUT2D eigenvalue weighted by Gasteiger charge is 2.46. The Kier molecular flexibility index (Phi) is 10.0. The third kappa shape index (κ3) is 6.58. The van der Waals surface area contributed by atoms with E-state index in [1.807, 2.05) is 36.7 Å². The molecule has 58 heavy (non-hydrogen) atoms. The molecule has 9 heterocycles. The number of pyridine rings is 2. The number of benzene rings is 3. The normalized spacial score (nSPS) is 27.4. The smallest absolute Gasteiger partial charge is 0.242 e. The van der Waals surface area contributed by atoms with Gasteiger partial charge >= 0.3 is 0 Å². The van der Waals surface area contributed by atoms with Crippen LogP contribution in [0.3, 0.4) is 0 Å². The molecule has 12 rings (SSSR count). The Morgan fingerprint density at radius 1 is 0.603 bits per heavy atom. The Balaban J connectivity index is 1.06. The SMILES string of the molecule is CC[C@@H]1CN2CC[C@H]1C[C@@H]2[C@H](Oc1nnc(O[C@H](c2ccnc3ccc(OC)cc23)[C@@H]2C[C@@H]3CCN2C[C@@H]3CC)c2ccccc12)c1ccnc2ccc(OC)cc12. The molecule has 6 aliphatic heterocycles. The molecule has 4 bridgehead atoms. The fourth-order valence-corrected chi connectivity index (χ4v) is 11.1. The van der Waals surface area contributed by atoms with E-state index >= 15 is 0 Å². The molecule has 0 amide bonds. The molecule has 10 heteroatoms. The highest BCUT2D eigenvalue weighted by molar-refractivity contribution is 5.91. The molecule has 3 aromatic carbocycles. The van der Waals surface area contributed by atoms with Gasteiger partial charge in [-0.2, -0.15) is 0 Å². The van der Waals surface area contributed by atoms with Crippen molar-refractivity contribution in [2.45, 2.75) is 76.7 Å². The minimum atomic E-state index is -0.300. The molecular weight excluding hydrogens is 725 g/mol. The predicted octanol–water partition coefficient (Wildman–Crippen LogP) is 9.22. The Bertz CT molecular complexity index is 2280. The van der Waals surface area contributed by atoms with Gasteiger partial charge in [-0.05, 0) is 123 Å². The number of methoxy groups -OCH3 is 2. The van der Waals surface area contributed by atoms with Crippen LogP contribution >= 0.6 is 0 Å². The van der Waals surface area contributed by atoms with Gasteiger partial charge in [0, 0.05) is 47.4 Å². The van der Waals surface area contributed by atoms with Crippen molar-refractivity contribution in [3.05, 3.63) is 96.3 Å². The molecule has 2 unspecified atom stereocenters. The predicted molar refractivity (Wildman–Crippen MR) is 227 cm³/mol. The molecule has 6 aromatic rings. The summed E-state index contributed by atoms with van der Waals surface area (Å²) in [7, 11) is 3.42. The number of ether oxygens (including phenoxy) is 4. The van der Waals surface area contributed by atoms with E-state index in [4.69, 9.17) is 39.1 Å². The lowest BCUT2D eigenvalue weighted by molar-refractivity contribution is -0.0505. The zero-order valence-corrected chi connectivity index (χ0v) is 34.1. The minimum absolute atomic E-state index is 0.180. The summed E-state index contributed by atoms with van der Waals surface area (Å²) in [5.41, 5.74) is 4.01. The Morgan fingerprint density at radius 3 is 1.47 bits per heavy atom. The van der Waals surface area contributed by atoms with Gasteiger partial charge in [0.1, 0.15) is 23.7 Å². The molecule has 300 valence electrons. The van der Waals surface area contributed by atoms with Gasteiger partial charge in [0.25, 0.3) is 0 Å². The van der Waals surface area contributed by atoms with Crippen molar-refractivity contribution in [3.63, 3.8) is 0 Å². The number of piperidine rings is 6. The number of aromatic nitrogens is 4. The molecule has 6 saturated heterocycles. The lowest BCUT2D eigenvalue weighted by atomic mass is 9.72. The molecule has 0 aliphatic carbocycles. The molecule has 6 fully saturated rings. The van der Waals surface area contributed by atoms with Gasteiger partial charge in [-0.15, -0.1) is 10.2 Å². The first-order chi connectivity index (χ1) is 28.5. The summed E-state index contributed by atoms with van der Waals surface area (Å²) in [6.07, 6.45) is 10.2. The van der Waals surface area contributed by atoms with Crippen molar-refractivity contribution in [2.24, 2.45) is 23.7 Å². The standard InChI is InChI=1S/C48H54N6O4/c1-5-29-27-53-21-17-31(29)23-43(53)45(35-15-19-49-41-13-11-33(55-3)25-39(35)41)57-47-37-9-7-8-10-38(37)48(52-51-47)58-46(44-24-32-18-22-54(44)28-30(32)6-2)36-16-20-50-42-14-12-34(56-4)26-40(36)42/h7-16,19-20,25-26,29-32,43-46H,5-6,17-18,21-24,27-28H2,1-4H3/t29-,30+,31-,32-,43-,44+,45+,46+/m0/s1. The van der Waals surface area contributed by atoms with Crippen LogP contribution in [0.5, 0.6) is 23.3 Å². The Morgan fingerprint density at radius 2 is 1.07 bits per heavy atom. The number of fused-ring (bicyclic) bond motifs is 9. The Labute approximate surface area is 340 Å². The third-order valence-corrected chi connectivity index (χ3v) is 14.3. The van der Waals surface area contributed by atoms with Crippen LogP contribution in [-0.2, 0) is 0 Å². The lowest BCUT2D eigenvalue weighted by Crippen LogP contribution is -2.56. The lowest BCUT2D eigenvalue weighted by Gasteiger charge is -2.52. The van der Waals surface area contributed by atoms with Crippen LogP contribution in [0.2, 0.25) is 0 Å². The topological polar surface area (TPSA) is 95.0 Å². The highest BCUT2D eigenvalue weighted by Crippen LogP contribution is 2.47. The van der Waals surface area contributed by atoms with Crippen molar-refractivity contribution in [3.8, 4) is 23.3 Å². The fraction of sp³-hybridized carbons (Fsp3) is 0.458. The molecule has 0 radical (unpaired) electrons. The molecule has 0 spiro atoms. The third-order valence-electron chi connectivity index (χ3n) is 14.3. The average molecular weight is 779 g/mol. The van der Waals surface area contributed by atoms with Crippen molar-refractivity contribution in [2.75, 3.05) is 40.4 Å². The summed E-state index contributed by atoms with van der Waals surface area (Å²) in [6, 6.07) is 25.1. The van der Waals surface area contributed by atoms with Gasteiger partial charge in [0.2, 0.25) is 11.8 Å². The van der Waals surface area contributed by atoms with Crippen LogP contribution in [0.25, 0.3) is 32.6 Å². The van der Waals surface area contributed by atoms with E-state index in [1.165, 1.54) is 25.7 Å². The first-order valence-electron chi connectivity index (χ1n) is 21.5. The summed E-state index contributed by atoms with van der Waals surface area (Å²) in [5.74, 6) is 5.39. The second kappa shape index (κ2) is 15.6. The average Bonchev–Trinajstić information content (AvgIpc) is 3.29. The molecule has 6 aliphatic rings. The van der Waals surface area contributed by atoms with Gasteiger partial charge < -0.3 is 18.9 Å². The van der Waals surface area contributed by atoms with E-state index in [9.17, 15) is 0 Å². The van der Waals surface area contributed by atoms with Crippen LogP contribution in [0.15, 0.2) is 85.2 Å². The van der Waals surface area contributed by atoms with Crippen LogP contribution < -0.4 is 18.9 Å². The summed E-state index contributed by atoms with van der Waals surface area (Å²) < 4.78 is 26.0. The quantitative estimate of drug-likeness (QED) is 0.120. The van der Waals surface area contributed by atoms with Gasteiger partial charge in [0.05, 0.1) is 48.1 Å². The maximum absolute atomic E-state index is 7.30. The van der Waals surface area contributed by atoms with Gasteiger partial charge in [0.15, 0.2) is 0 Å². The molecule has 10 atom stereocenters. The molecule has 10 nitrogen and oxygen atoms in total. The number of rotatable bonds is 12. The largest absolute Gasteiger partial charge is 0.497 e. The molecule has 3 aromatic heterocycles. The van der Waals surface area contributed by atoms with Crippen LogP contribution in [0.1, 0.15) is 75.7 Å². The first-order valence-corrected chi connectivity index (χ1v) is 21.5. The maximum Gasteiger partial charge on any atom is 0.242 e. The monoisotopic (exact) mass is 778 g/mol. The second-order valence-corrected chi connectivity index (χ2v) is 17.0. The number of nitrogens with zero attached hydrogens (tertiary/aromatic N) is 6. The Hall–Kier alpha value is -5.06. The van der Waals surface area contributed by atoms with Gasteiger partial charge in [-0.3, -0.25) is 19.8 Å². The molecular formula is C48H54N6O4. The second-order valence-electron chi connectivity index (χ2n) is 17.0. The van der Waals surface area contributed by atoms with Crippen LogP contribution in [0.4, 0.5) is 0 Å². The summed E-state index contributed by atoms with van der Waals surface area (Å²) in [5, 5.41) is 13.7. The van der Waals surface area contributed by atoms with E-state index in [1.54, 1.807) is 14.2 Å². The molecule has 0 N–H and O–H groups in total. The van der Waals surface area contributed by atoms with Crippen molar-refractivity contribution < 1.29 is 18.9 Å². The van der Waals surface area contributed by atoms with E-state index < -0.39 is 0 Å². The minimum Gasteiger partial charge on any atom is -0.497 e. The van der Waals surface area contributed by atoms with Gasteiger partial charge in [-0.25, -0.2) is 0 Å². The van der Waals surface area contributed by atoms with E-state index in [2.05, 4.69) is 72.2 Å².